The Balaban J connectivity index is 2.09. The van der Waals surface area contributed by atoms with E-state index < -0.39 is 0 Å². The Bertz CT molecular complexity index is 739. The maximum absolute atomic E-state index is 11.2. The SMILES string of the molecule is O=Cc1cn(-c2ccc(Br)cn2)nc1-c1cnccn1. The van der Waals surface area contributed by atoms with Crippen LogP contribution < -0.4 is 0 Å². The molecular weight excluding hydrogens is 322 g/mol. The van der Waals surface area contributed by atoms with Gasteiger partial charge in [-0.05, 0) is 28.1 Å². The van der Waals surface area contributed by atoms with Gasteiger partial charge in [-0.2, -0.15) is 5.10 Å². The van der Waals surface area contributed by atoms with E-state index in [0.29, 0.717) is 22.8 Å². The normalized spacial score (nSPS) is 10.4. The minimum Gasteiger partial charge on any atom is -0.298 e. The van der Waals surface area contributed by atoms with Crippen LogP contribution in [-0.2, 0) is 0 Å². The van der Waals surface area contributed by atoms with Crippen LogP contribution in [-0.4, -0.2) is 31.0 Å². The lowest BCUT2D eigenvalue weighted by Crippen LogP contribution is -1.97. The maximum atomic E-state index is 11.2. The summed E-state index contributed by atoms with van der Waals surface area (Å²) < 4.78 is 2.42. The summed E-state index contributed by atoms with van der Waals surface area (Å²) in [6.45, 7) is 0. The molecule has 6 nitrogen and oxygen atoms in total. The van der Waals surface area contributed by atoms with E-state index in [1.165, 1.54) is 0 Å². The van der Waals surface area contributed by atoms with Crippen LogP contribution >= 0.6 is 15.9 Å². The molecule has 0 aromatic carbocycles. The standard InChI is InChI=1S/C13H8BrN5O/c14-10-1-2-12(17-5-10)19-7-9(8-20)13(18-19)11-6-15-3-4-16-11/h1-8H. The number of aromatic nitrogens is 5. The highest BCUT2D eigenvalue weighted by Gasteiger charge is 2.13. The van der Waals surface area contributed by atoms with Crippen LogP contribution in [0.25, 0.3) is 17.2 Å². The number of pyridine rings is 1. The fraction of sp³-hybridized carbons (Fsp3) is 0. The molecule has 0 bridgehead atoms. The van der Waals surface area contributed by atoms with Crippen LogP contribution in [0.3, 0.4) is 0 Å². The highest BCUT2D eigenvalue weighted by Crippen LogP contribution is 2.19. The summed E-state index contributed by atoms with van der Waals surface area (Å²) in [5.74, 6) is 0.617. The second-order valence-electron chi connectivity index (χ2n) is 3.92. The quantitative estimate of drug-likeness (QED) is 0.689. The summed E-state index contributed by atoms with van der Waals surface area (Å²) in [5.41, 5.74) is 1.47. The zero-order chi connectivity index (χ0) is 13.9. The summed E-state index contributed by atoms with van der Waals surface area (Å²) in [5, 5.41) is 4.36. The first-order valence-corrected chi connectivity index (χ1v) is 6.50. The number of aldehydes is 1. The predicted octanol–water partition coefficient (Wildman–Crippen LogP) is 2.30. The van der Waals surface area contributed by atoms with E-state index in [-0.39, 0.29) is 0 Å². The molecule has 0 aliphatic heterocycles. The van der Waals surface area contributed by atoms with E-state index in [0.717, 1.165) is 10.8 Å². The molecule has 0 N–H and O–H groups in total. The monoisotopic (exact) mass is 329 g/mol. The highest BCUT2D eigenvalue weighted by atomic mass is 79.9. The Morgan fingerprint density at radius 2 is 2.05 bits per heavy atom. The van der Waals surface area contributed by atoms with Crippen LogP contribution in [0.15, 0.2) is 47.6 Å². The van der Waals surface area contributed by atoms with Crippen molar-refractivity contribution in [2.75, 3.05) is 0 Å². The number of hydrogen-bond acceptors (Lipinski definition) is 5. The molecule has 0 saturated heterocycles. The van der Waals surface area contributed by atoms with Gasteiger partial charge in [0, 0.05) is 29.3 Å². The van der Waals surface area contributed by atoms with Crippen molar-refractivity contribution < 1.29 is 4.79 Å². The zero-order valence-corrected chi connectivity index (χ0v) is 11.7. The predicted molar refractivity (Wildman–Crippen MR) is 75.5 cm³/mol. The van der Waals surface area contributed by atoms with E-state index in [1.807, 2.05) is 6.07 Å². The number of nitrogens with zero attached hydrogens (tertiary/aromatic N) is 5. The molecule has 3 heterocycles. The molecule has 98 valence electrons. The van der Waals surface area contributed by atoms with Gasteiger partial charge >= 0.3 is 0 Å². The molecule has 0 spiro atoms. The van der Waals surface area contributed by atoms with Gasteiger partial charge in [0.05, 0.1) is 11.8 Å². The smallest absolute Gasteiger partial charge is 0.153 e. The zero-order valence-electron chi connectivity index (χ0n) is 10.1. The van der Waals surface area contributed by atoms with Crippen LogP contribution in [0, 0.1) is 0 Å². The summed E-state index contributed by atoms with van der Waals surface area (Å²) in [4.78, 5) is 23.5. The average molecular weight is 330 g/mol. The van der Waals surface area contributed by atoms with Gasteiger partial charge in [0.25, 0.3) is 0 Å². The molecule has 7 heteroatoms. The average Bonchev–Trinajstić information content (AvgIpc) is 2.93. The molecule has 0 aliphatic rings. The van der Waals surface area contributed by atoms with Gasteiger partial charge in [-0.15, -0.1) is 0 Å². The number of hydrogen-bond donors (Lipinski definition) is 0. The Labute approximate surface area is 122 Å². The van der Waals surface area contributed by atoms with Crippen molar-refractivity contribution in [3.05, 3.63) is 53.2 Å². The summed E-state index contributed by atoms with van der Waals surface area (Å²) in [6.07, 6.45) is 8.71. The highest BCUT2D eigenvalue weighted by molar-refractivity contribution is 9.10. The van der Waals surface area contributed by atoms with Crippen molar-refractivity contribution in [2.24, 2.45) is 0 Å². The second-order valence-corrected chi connectivity index (χ2v) is 4.84. The number of carbonyl (C=O) groups is 1. The molecule has 0 fully saturated rings. The van der Waals surface area contributed by atoms with E-state index in [4.69, 9.17) is 0 Å². The first kappa shape index (κ1) is 12.6. The van der Waals surface area contributed by atoms with Crippen molar-refractivity contribution in [1.82, 2.24) is 24.7 Å². The number of halogens is 1. The molecule has 3 rings (SSSR count). The third-order valence-corrected chi connectivity index (χ3v) is 3.09. The van der Waals surface area contributed by atoms with Gasteiger partial charge in [-0.3, -0.25) is 14.8 Å². The van der Waals surface area contributed by atoms with Crippen LogP contribution in [0.1, 0.15) is 10.4 Å². The van der Waals surface area contributed by atoms with Gasteiger partial charge in [0.1, 0.15) is 11.4 Å². The largest absolute Gasteiger partial charge is 0.298 e. The molecule has 0 aliphatic carbocycles. The third-order valence-electron chi connectivity index (χ3n) is 2.62. The van der Waals surface area contributed by atoms with Crippen LogP contribution in [0.4, 0.5) is 0 Å². The van der Waals surface area contributed by atoms with Crippen LogP contribution in [0.5, 0.6) is 0 Å². The Morgan fingerprint density at radius 1 is 1.15 bits per heavy atom. The molecular formula is C13H8BrN5O. The first-order valence-electron chi connectivity index (χ1n) is 5.71. The van der Waals surface area contributed by atoms with Gasteiger partial charge in [-0.25, -0.2) is 9.67 Å². The molecule has 0 atom stereocenters. The molecule has 0 saturated carbocycles. The Kier molecular flexibility index (Phi) is 3.34. The number of rotatable bonds is 3. The van der Waals surface area contributed by atoms with Gasteiger partial charge in [-0.1, -0.05) is 0 Å². The molecule has 0 unspecified atom stereocenters. The van der Waals surface area contributed by atoms with Gasteiger partial charge in [0.2, 0.25) is 0 Å². The minimum absolute atomic E-state index is 0.440. The number of carbonyl (C=O) groups excluding carboxylic acids is 1. The lowest BCUT2D eigenvalue weighted by atomic mass is 10.2. The van der Waals surface area contributed by atoms with Crippen molar-refractivity contribution in [1.29, 1.82) is 0 Å². The van der Waals surface area contributed by atoms with E-state index in [1.54, 1.807) is 41.7 Å². The van der Waals surface area contributed by atoms with E-state index in [2.05, 4.69) is 36.0 Å². The van der Waals surface area contributed by atoms with Crippen molar-refractivity contribution >= 4 is 22.2 Å². The fourth-order valence-electron chi connectivity index (χ4n) is 1.71. The van der Waals surface area contributed by atoms with E-state index in [9.17, 15) is 4.79 Å². The molecule has 3 aromatic rings. The van der Waals surface area contributed by atoms with Crippen LogP contribution in [0.2, 0.25) is 0 Å². The summed E-state index contributed by atoms with van der Waals surface area (Å²) >= 11 is 3.32. The fourth-order valence-corrected chi connectivity index (χ4v) is 1.95. The molecule has 3 aromatic heterocycles. The van der Waals surface area contributed by atoms with Gasteiger partial charge < -0.3 is 0 Å². The van der Waals surface area contributed by atoms with Crippen molar-refractivity contribution in [3.63, 3.8) is 0 Å². The Morgan fingerprint density at radius 3 is 2.70 bits per heavy atom. The molecule has 0 radical (unpaired) electrons. The second kappa shape index (κ2) is 5.30. The van der Waals surface area contributed by atoms with Gasteiger partial charge in [0.15, 0.2) is 12.1 Å². The van der Waals surface area contributed by atoms with Crippen molar-refractivity contribution in [3.8, 4) is 17.2 Å². The topological polar surface area (TPSA) is 73.6 Å². The first-order chi connectivity index (χ1) is 9.78. The maximum Gasteiger partial charge on any atom is 0.153 e. The summed E-state index contributed by atoms with van der Waals surface area (Å²) in [6, 6.07) is 3.65. The molecule has 0 amide bonds. The Hall–Kier alpha value is -2.41. The van der Waals surface area contributed by atoms with Crippen molar-refractivity contribution in [2.45, 2.75) is 0 Å². The lowest BCUT2D eigenvalue weighted by molar-refractivity contribution is 0.112. The lowest BCUT2D eigenvalue weighted by Gasteiger charge is -1.99. The summed E-state index contributed by atoms with van der Waals surface area (Å²) in [7, 11) is 0. The third kappa shape index (κ3) is 2.35. The molecule has 20 heavy (non-hydrogen) atoms. The minimum atomic E-state index is 0.440. The van der Waals surface area contributed by atoms with E-state index >= 15 is 0 Å².